The van der Waals surface area contributed by atoms with Gasteiger partial charge in [-0.15, -0.1) is 11.3 Å². The minimum Gasteiger partial charge on any atom is -0.493 e. The van der Waals surface area contributed by atoms with Crippen molar-refractivity contribution in [3.63, 3.8) is 0 Å². The van der Waals surface area contributed by atoms with E-state index in [1.807, 2.05) is 19.1 Å². The summed E-state index contributed by atoms with van der Waals surface area (Å²) in [5.74, 6) is -0.463. The zero-order chi connectivity index (χ0) is 22.7. The number of halogens is 1. The Labute approximate surface area is 188 Å². The monoisotopic (exact) mass is 454 g/mol. The quantitative estimate of drug-likeness (QED) is 0.465. The maximum Gasteiger partial charge on any atom is 0.275 e. The molecule has 1 aliphatic rings. The maximum atomic E-state index is 14.9. The van der Waals surface area contributed by atoms with Gasteiger partial charge >= 0.3 is 0 Å². The number of nitrogens with one attached hydrogen (secondary N) is 1. The van der Waals surface area contributed by atoms with Crippen molar-refractivity contribution in [1.82, 2.24) is 4.98 Å². The van der Waals surface area contributed by atoms with Crippen LogP contribution in [0.4, 0.5) is 10.1 Å². The van der Waals surface area contributed by atoms with Crippen molar-refractivity contribution in [3.05, 3.63) is 57.4 Å². The molecule has 9 heteroatoms. The number of aromatic amines is 1. The highest BCUT2D eigenvalue weighted by Crippen LogP contribution is 2.37. The Kier molecular flexibility index (Phi) is 6.45. The largest absolute Gasteiger partial charge is 0.493 e. The third kappa shape index (κ3) is 4.34. The van der Waals surface area contributed by atoms with Gasteiger partial charge in [0.2, 0.25) is 0 Å². The number of amides is 1. The molecule has 4 rings (SSSR count). The van der Waals surface area contributed by atoms with E-state index in [2.05, 4.69) is 22.2 Å². The van der Waals surface area contributed by atoms with Crippen LogP contribution in [0.15, 0.2) is 51.5 Å². The topological polar surface area (TPSA) is 87.1 Å². The van der Waals surface area contributed by atoms with Crippen LogP contribution in [0.25, 0.3) is 21.7 Å². The standard InChI is InChI=1S/C23H23FN4O3S/c1-3-5-10-31-14-6-8-16(18(24)11-14)19-12-17(20-9-7-15(4-2)32-20)22(23(30)26-19)28-21(29)13-25-27-28/h6-9,11-12H,3-5,10,13H2,1-2H3,(H,26,30). The summed E-state index contributed by atoms with van der Waals surface area (Å²) in [5.41, 5.74) is 0.594. The number of benzene rings is 1. The van der Waals surface area contributed by atoms with Gasteiger partial charge in [-0.1, -0.05) is 25.5 Å². The molecule has 7 nitrogen and oxygen atoms in total. The number of H-pyrrole nitrogens is 1. The van der Waals surface area contributed by atoms with E-state index in [9.17, 15) is 14.0 Å². The van der Waals surface area contributed by atoms with Crippen LogP contribution in [0.2, 0.25) is 0 Å². The number of rotatable bonds is 8. The molecular formula is C23H23FN4O3S. The molecular weight excluding hydrogens is 431 g/mol. The van der Waals surface area contributed by atoms with E-state index in [4.69, 9.17) is 4.74 Å². The minimum absolute atomic E-state index is 0.0874. The molecule has 0 bridgehead atoms. The number of ether oxygens (including phenoxy) is 1. The SMILES string of the molecule is CCCCOc1ccc(-c2cc(-c3ccc(CC)s3)c(N3N=NCC3=O)c(=O)[nH]2)c(F)c1. The lowest BCUT2D eigenvalue weighted by molar-refractivity contribution is -0.116. The highest BCUT2D eigenvalue weighted by atomic mass is 32.1. The van der Waals surface area contributed by atoms with Gasteiger partial charge in [0.1, 0.15) is 23.8 Å². The number of pyridine rings is 1. The van der Waals surface area contributed by atoms with Crippen molar-refractivity contribution in [2.45, 2.75) is 33.1 Å². The average Bonchev–Trinajstić information content (AvgIpc) is 3.42. The number of carbonyl (C=O) groups excluding carboxylic acids is 1. The highest BCUT2D eigenvalue weighted by molar-refractivity contribution is 7.15. The van der Waals surface area contributed by atoms with E-state index in [0.29, 0.717) is 23.6 Å². The summed E-state index contributed by atoms with van der Waals surface area (Å²) in [4.78, 5) is 29.9. The summed E-state index contributed by atoms with van der Waals surface area (Å²) in [6.45, 7) is 4.50. The molecule has 3 aromatic rings. The third-order valence-corrected chi connectivity index (χ3v) is 6.35. The number of hydrogen-bond donors (Lipinski definition) is 1. The molecule has 0 aliphatic carbocycles. The van der Waals surface area contributed by atoms with Gasteiger partial charge in [0, 0.05) is 26.9 Å². The van der Waals surface area contributed by atoms with Crippen LogP contribution < -0.4 is 15.3 Å². The molecule has 0 atom stereocenters. The summed E-state index contributed by atoms with van der Waals surface area (Å²) >= 11 is 1.51. The van der Waals surface area contributed by atoms with Gasteiger partial charge in [-0.05, 0) is 43.2 Å². The average molecular weight is 455 g/mol. The lowest BCUT2D eigenvalue weighted by Crippen LogP contribution is -2.29. The van der Waals surface area contributed by atoms with Crippen LogP contribution in [-0.2, 0) is 11.2 Å². The lowest BCUT2D eigenvalue weighted by Gasteiger charge is -2.15. The summed E-state index contributed by atoms with van der Waals surface area (Å²) in [6.07, 6.45) is 2.71. The van der Waals surface area contributed by atoms with Crippen molar-refractivity contribution in [2.24, 2.45) is 10.3 Å². The molecule has 1 amide bonds. The van der Waals surface area contributed by atoms with Crippen molar-refractivity contribution in [1.29, 1.82) is 0 Å². The van der Waals surface area contributed by atoms with Crippen LogP contribution in [0.5, 0.6) is 5.75 Å². The molecule has 1 aliphatic heterocycles. The van der Waals surface area contributed by atoms with E-state index >= 15 is 0 Å². The smallest absolute Gasteiger partial charge is 0.275 e. The number of anilines is 1. The van der Waals surface area contributed by atoms with Crippen molar-refractivity contribution in [2.75, 3.05) is 18.2 Å². The van der Waals surface area contributed by atoms with E-state index in [1.54, 1.807) is 18.2 Å². The second kappa shape index (κ2) is 9.44. The fraction of sp³-hybridized carbons (Fsp3) is 0.304. The number of nitrogens with zero attached hydrogens (tertiary/aromatic N) is 3. The van der Waals surface area contributed by atoms with Crippen molar-refractivity contribution in [3.8, 4) is 27.4 Å². The zero-order valence-electron chi connectivity index (χ0n) is 17.9. The first kappa shape index (κ1) is 21.9. The molecule has 0 spiro atoms. The Hall–Kier alpha value is -3.33. The molecule has 0 saturated carbocycles. The second-order valence-corrected chi connectivity index (χ2v) is 8.50. The van der Waals surface area contributed by atoms with Crippen molar-refractivity contribution < 1.29 is 13.9 Å². The molecule has 166 valence electrons. The fourth-order valence-corrected chi connectivity index (χ4v) is 4.35. The predicted octanol–water partition coefficient (Wildman–Crippen LogP) is 5.36. The number of aromatic nitrogens is 1. The first-order valence-corrected chi connectivity index (χ1v) is 11.3. The molecule has 32 heavy (non-hydrogen) atoms. The first-order chi connectivity index (χ1) is 15.5. The highest BCUT2D eigenvalue weighted by Gasteiger charge is 2.28. The van der Waals surface area contributed by atoms with E-state index in [0.717, 1.165) is 34.0 Å². The van der Waals surface area contributed by atoms with Gasteiger partial charge in [-0.3, -0.25) is 9.59 Å². The molecule has 0 unspecified atom stereocenters. The maximum absolute atomic E-state index is 14.9. The molecule has 2 aromatic heterocycles. The summed E-state index contributed by atoms with van der Waals surface area (Å²) < 4.78 is 20.5. The number of unbranched alkanes of at least 4 members (excludes halogenated alkanes) is 1. The summed E-state index contributed by atoms with van der Waals surface area (Å²) in [7, 11) is 0. The number of hydrogen-bond acceptors (Lipinski definition) is 6. The Morgan fingerprint density at radius 2 is 2.00 bits per heavy atom. The molecule has 0 saturated heterocycles. The van der Waals surface area contributed by atoms with Crippen LogP contribution in [0.1, 0.15) is 31.6 Å². The number of thiophene rings is 1. The van der Waals surface area contributed by atoms with Gasteiger partial charge in [-0.25, -0.2) is 4.39 Å². The predicted molar refractivity (Wildman–Crippen MR) is 123 cm³/mol. The van der Waals surface area contributed by atoms with Gasteiger partial charge < -0.3 is 9.72 Å². The first-order valence-electron chi connectivity index (χ1n) is 10.5. The Morgan fingerprint density at radius 3 is 2.66 bits per heavy atom. The fourth-order valence-electron chi connectivity index (χ4n) is 3.39. The van der Waals surface area contributed by atoms with Gasteiger partial charge in [0.05, 0.1) is 12.3 Å². The zero-order valence-corrected chi connectivity index (χ0v) is 18.7. The van der Waals surface area contributed by atoms with E-state index in [1.165, 1.54) is 17.4 Å². The van der Waals surface area contributed by atoms with E-state index in [-0.39, 0.29) is 17.8 Å². The van der Waals surface area contributed by atoms with Crippen LogP contribution in [0, 0.1) is 5.82 Å². The Morgan fingerprint density at radius 1 is 1.16 bits per heavy atom. The second-order valence-electron chi connectivity index (χ2n) is 7.33. The van der Waals surface area contributed by atoms with Crippen LogP contribution in [0.3, 0.4) is 0 Å². The van der Waals surface area contributed by atoms with Crippen molar-refractivity contribution >= 4 is 22.9 Å². The number of carbonyl (C=O) groups is 1. The van der Waals surface area contributed by atoms with Gasteiger partial charge in [0.25, 0.3) is 11.5 Å². The lowest BCUT2D eigenvalue weighted by atomic mass is 10.1. The van der Waals surface area contributed by atoms with Gasteiger partial charge in [-0.2, -0.15) is 10.1 Å². The minimum atomic E-state index is -0.541. The third-order valence-electron chi connectivity index (χ3n) is 5.09. The molecule has 0 fully saturated rings. The van der Waals surface area contributed by atoms with E-state index < -0.39 is 17.3 Å². The van der Waals surface area contributed by atoms with Gasteiger partial charge in [0.15, 0.2) is 0 Å². The Bertz CT molecular complexity index is 1230. The molecule has 0 radical (unpaired) electrons. The van der Waals surface area contributed by atoms with Crippen LogP contribution in [-0.4, -0.2) is 24.0 Å². The normalized spacial score (nSPS) is 13.2. The summed E-state index contributed by atoms with van der Waals surface area (Å²) in [6, 6.07) is 10.1. The molecule has 3 heterocycles. The summed E-state index contributed by atoms with van der Waals surface area (Å²) in [5, 5.41) is 8.58. The number of aryl methyl sites for hydroxylation is 1. The van der Waals surface area contributed by atoms with Crippen LogP contribution >= 0.6 is 11.3 Å². The molecule has 1 aromatic carbocycles. The molecule has 1 N–H and O–H groups in total. The Balaban J connectivity index is 1.80.